The Morgan fingerprint density at radius 3 is 2.71 bits per heavy atom. The van der Waals surface area contributed by atoms with Gasteiger partial charge in [0.05, 0.1) is 22.9 Å². The minimum atomic E-state index is -0.853. The fourth-order valence-corrected chi connectivity index (χ4v) is 2.35. The Hall–Kier alpha value is -2.37. The van der Waals surface area contributed by atoms with E-state index < -0.39 is 11.3 Å². The van der Waals surface area contributed by atoms with Crippen LogP contribution in [0.15, 0.2) is 42.6 Å². The van der Waals surface area contributed by atoms with E-state index in [1.165, 1.54) is 13.0 Å². The molecule has 24 heavy (non-hydrogen) atoms. The van der Waals surface area contributed by atoms with Crippen LogP contribution in [0.3, 0.4) is 0 Å². The number of carbonyl (C=O) groups excluding carboxylic acids is 1. The lowest BCUT2D eigenvalue weighted by Crippen LogP contribution is -2.18. The second-order valence-corrected chi connectivity index (χ2v) is 5.94. The van der Waals surface area contributed by atoms with Gasteiger partial charge in [-0.1, -0.05) is 11.6 Å². The first-order valence-corrected chi connectivity index (χ1v) is 7.81. The van der Waals surface area contributed by atoms with Gasteiger partial charge in [0, 0.05) is 10.6 Å². The maximum atomic E-state index is 11.0. The summed E-state index contributed by atoms with van der Waals surface area (Å²) in [5, 5.41) is 10.0. The number of ether oxygens (including phenoxy) is 1. The average molecular weight is 363 g/mol. The van der Waals surface area contributed by atoms with Crippen molar-refractivity contribution in [2.75, 3.05) is 0 Å². The molecule has 3 aromatic rings. The van der Waals surface area contributed by atoms with E-state index in [0.29, 0.717) is 27.3 Å². The maximum absolute atomic E-state index is 11.0. The van der Waals surface area contributed by atoms with Crippen molar-refractivity contribution in [2.24, 2.45) is 0 Å². The van der Waals surface area contributed by atoms with Crippen LogP contribution in [0.25, 0.3) is 22.3 Å². The maximum Gasteiger partial charge on any atom is 0.262 e. The number of benzene rings is 2. The zero-order valence-corrected chi connectivity index (χ0v) is 14.0. The number of hydrogen-bond acceptors (Lipinski definition) is 5. The minimum Gasteiger partial charge on any atom is -0.504 e. The molecule has 1 N–H and O–H groups in total. The number of halogens is 2. The number of fused-ring (bicyclic) bond motifs is 1. The van der Waals surface area contributed by atoms with Crippen molar-refractivity contribution >= 4 is 39.5 Å². The summed E-state index contributed by atoms with van der Waals surface area (Å²) in [6.45, 7) is 1.50. The molecule has 0 spiro atoms. The van der Waals surface area contributed by atoms with E-state index in [0.717, 1.165) is 0 Å². The van der Waals surface area contributed by atoms with Crippen LogP contribution in [0, 0.1) is 0 Å². The normalized spacial score (nSPS) is 12.1. The minimum absolute atomic E-state index is 0.115. The smallest absolute Gasteiger partial charge is 0.262 e. The van der Waals surface area contributed by atoms with Crippen molar-refractivity contribution < 1.29 is 14.6 Å². The lowest BCUT2D eigenvalue weighted by molar-refractivity contribution is -0.117. The summed E-state index contributed by atoms with van der Waals surface area (Å²) in [6.07, 6.45) is 0.743. The number of carbonyl (C=O) groups is 1. The van der Waals surface area contributed by atoms with Gasteiger partial charge in [0.1, 0.15) is 0 Å². The highest BCUT2D eigenvalue weighted by molar-refractivity contribution is 6.64. The van der Waals surface area contributed by atoms with Gasteiger partial charge in [-0.2, -0.15) is 0 Å². The Bertz CT molecular complexity index is 931. The van der Waals surface area contributed by atoms with Gasteiger partial charge in [-0.05, 0) is 54.9 Å². The number of aromatic nitrogens is 2. The number of nitrogens with zero attached hydrogens (tertiary/aromatic N) is 2. The Kier molecular flexibility index (Phi) is 4.55. The molecule has 0 aliphatic heterocycles. The molecule has 0 bridgehead atoms. The largest absolute Gasteiger partial charge is 0.504 e. The molecule has 1 heterocycles. The standard InChI is InChI=1S/C17H12Cl2N2O3/c1-9(17(19)23)24-16-5-2-10(6-15(16)22)14-8-20-13-7-11(18)3-4-12(13)21-14/h2-9,22H,1H3. The van der Waals surface area contributed by atoms with E-state index in [2.05, 4.69) is 9.97 Å². The van der Waals surface area contributed by atoms with Crippen molar-refractivity contribution in [3.05, 3.63) is 47.6 Å². The van der Waals surface area contributed by atoms with E-state index in [9.17, 15) is 9.90 Å². The molecule has 0 fully saturated rings. The third-order valence-electron chi connectivity index (χ3n) is 3.38. The second kappa shape index (κ2) is 6.63. The molecule has 1 aromatic heterocycles. The van der Waals surface area contributed by atoms with Gasteiger partial charge in [0.2, 0.25) is 0 Å². The molecular weight excluding hydrogens is 351 g/mol. The molecule has 2 aromatic carbocycles. The first kappa shape index (κ1) is 16.5. The molecular formula is C17H12Cl2N2O3. The molecule has 0 aliphatic rings. The Labute approximate surface area is 147 Å². The predicted octanol–water partition coefficient (Wildman–Crippen LogP) is 4.19. The summed E-state index contributed by atoms with van der Waals surface area (Å²) in [7, 11) is 0. The number of rotatable bonds is 4. The molecule has 5 nitrogen and oxygen atoms in total. The molecule has 7 heteroatoms. The quantitative estimate of drug-likeness (QED) is 0.704. The van der Waals surface area contributed by atoms with Crippen molar-refractivity contribution in [1.29, 1.82) is 0 Å². The van der Waals surface area contributed by atoms with Gasteiger partial charge in [-0.3, -0.25) is 9.78 Å². The summed E-state index contributed by atoms with van der Waals surface area (Å²) in [4.78, 5) is 19.8. The molecule has 0 amide bonds. The third kappa shape index (κ3) is 3.42. The van der Waals surface area contributed by atoms with E-state index in [1.54, 1.807) is 36.5 Å². The lowest BCUT2D eigenvalue weighted by atomic mass is 10.1. The van der Waals surface area contributed by atoms with Gasteiger partial charge in [0.15, 0.2) is 17.6 Å². The third-order valence-corrected chi connectivity index (χ3v) is 3.92. The van der Waals surface area contributed by atoms with Crippen LogP contribution >= 0.6 is 23.2 Å². The summed E-state index contributed by atoms with van der Waals surface area (Å²) in [5.74, 6) is 0.0519. The average Bonchev–Trinajstić information content (AvgIpc) is 2.56. The topological polar surface area (TPSA) is 72.3 Å². The molecule has 3 rings (SSSR count). The van der Waals surface area contributed by atoms with Crippen LogP contribution in [0.2, 0.25) is 5.02 Å². The number of phenols is 1. The van der Waals surface area contributed by atoms with Crippen molar-refractivity contribution in [3.63, 3.8) is 0 Å². The molecule has 1 atom stereocenters. The fraction of sp³-hybridized carbons (Fsp3) is 0.118. The van der Waals surface area contributed by atoms with Crippen LogP contribution in [-0.4, -0.2) is 26.4 Å². The highest BCUT2D eigenvalue weighted by Crippen LogP contribution is 2.32. The van der Waals surface area contributed by atoms with Crippen molar-refractivity contribution in [2.45, 2.75) is 13.0 Å². The summed E-state index contributed by atoms with van der Waals surface area (Å²) >= 11 is 11.3. The Morgan fingerprint density at radius 2 is 2.00 bits per heavy atom. The molecule has 0 aliphatic carbocycles. The van der Waals surface area contributed by atoms with Crippen LogP contribution in [0.4, 0.5) is 0 Å². The van der Waals surface area contributed by atoms with Crippen LogP contribution in [0.1, 0.15) is 6.92 Å². The molecule has 122 valence electrons. The highest BCUT2D eigenvalue weighted by Gasteiger charge is 2.15. The summed E-state index contributed by atoms with van der Waals surface area (Å²) in [5.41, 5.74) is 2.63. The molecule has 0 radical (unpaired) electrons. The van der Waals surface area contributed by atoms with Gasteiger partial charge in [-0.15, -0.1) is 0 Å². The highest BCUT2D eigenvalue weighted by atomic mass is 35.5. The monoisotopic (exact) mass is 362 g/mol. The fourth-order valence-electron chi connectivity index (χ4n) is 2.14. The summed E-state index contributed by atoms with van der Waals surface area (Å²) < 4.78 is 5.30. The van der Waals surface area contributed by atoms with Crippen molar-refractivity contribution in [1.82, 2.24) is 9.97 Å². The number of phenolic OH excluding ortho intramolecular Hbond substituents is 1. The SMILES string of the molecule is CC(Oc1ccc(-c2cnc3cc(Cl)ccc3n2)cc1O)C(=O)Cl. The van der Waals surface area contributed by atoms with E-state index in [4.69, 9.17) is 27.9 Å². The van der Waals surface area contributed by atoms with Crippen LogP contribution in [0.5, 0.6) is 11.5 Å². The number of aromatic hydroxyl groups is 1. The first-order chi connectivity index (χ1) is 11.4. The Balaban J connectivity index is 1.94. The second-order valence-electron chi connectivity index (χ2n) is 5.13. The van der Waals surface area contributed by atoms with E-state index in [-0.39, 0.29) is 11.5 Å². The van der Waals surface area contributed by atoms with Crippen LogP contribution in [-0.2, 0) is 4.79 Å². The van der Waals surface area contributed by atoms with E-state index >= 15 is 0 Å². The van der Waals surface area contributed by atoms with Gasteiger partial charge in [-0.25, -0.2) is 4.98 Å². The lowest BCUT2D eigenvalue weighted by Gasteiger charge is -2.12. The molecule has 1 unspecified atom stereocenters. The molecule has 0 saturated heterocycles. The summed E-state index contributed by atoms with van der Waals surface area (Å²) in [6, 6.07) is 10.0. The van der Waals surface area contributed by atoms with Gasteiger partial charge in [0.25, 0.3) is 5.24 Å². The number of hydrogen-bond donors (Lipinski definition) is 1. The Morgan fingerprint density at radius 1 is 1.21 bits per heavy atom. The first-order valence-electron chi connectivity index (χ1n) is 7.06. The van der Waals surface area contributed by atoms with Crippen LogP contribution < -0.4 is 4.74 Å². The zero-order valence-electron chi connectivity index (χ0n) is 12.5. The molecule has 0 saturated carbocycles. The van der Waals surface area contributed by atoms with Crippen molar-refractivity contribution in [3.8, 4) is 22.8 Å². The van der Waals surface area contributed by atoms with Gasteiger partial charge >= 0.3 is 0 Å². The zero-order chi connectivity index (χ0) is 17.3. The predicted molar refractivity (Wildman–Crippen MR) is 92.6 cm³/mol. The van der Waals surface area contributed by atoms with E-state index in [1.807, 2.05) is 0 Å². The van der Waals surface area contributed by atoms with Gasteiger partial charge < -0.3 is 9.84 Å².